The van der Waals surface area contributed by atoms with Crippen molar-refractivity contribution in [3.05, 3.63) is 69.8 Å². The molecule has 0 aromatic heterocycles. The number of hydrogen-bond acceptors (Lipinski definition) is 7. The Hall–Kier alpha value is -4.17. The van der Waals surface area contributed by atoms with Gasteiger partial charge in [0.25, 0.3) is 11.6 Å². The summed E-state index contributed by atoms with van der Waals surface area (Å²) in [5.74, 6) is 0.640. The first kappa shape index (κ1) is 28.4. The highest BCUT2D eigenvalue weighted by molar-refractivity contribution is 5.98. The van der Waals surface area contributed by atoms with E-state index in [-0.39, 0.29) is 24.3 Å². The number of para-hydroxylation sites is 1. The molecule has 0 unspecified atom stereocenters. The third kappa shape index (κ3) is 9.71. The van der Waals surface area contributed by atoms with Crippen LogP contribution < -0.4 is 20.7 Å². The third-order valence-corrected chi connectivity index (χ3v) is 6.07. The predicted molar refractivity (Wildman–Crippen MR) is 145 cm³/mol. The second kappa shape index (κ2) is 15.8. The molecular weight excluding hydrogens is 486 g/mol. The molecule has 3 N–H and O–H groups in total. The molecule has 38 heavy (non-hydrogen) atoms. The monoisotopic (exact) mass is 521 g/mol. The van der Waals surface area contributed by atoms with Crippen molar-refractivity contribution >= 4 is 17.6 Å². The number of hydrogen-bond donors (Lipinski definition) is 3. The van der Waals surface area contributed by atoms with Crippen LogP contribution in [0.25, 0.3) is 0 Å². The zero-order valence-corrected chi connectivity index (χ0v) is 21.5. The molecule has 0 saturated carbocycles. The fourth-order valence-electron chi connectivity index (χ4n) is 4.17. The van der Waals surface area contributed by atoms with Gasteiger partial charge in [-0.15, -0.1) is 0 Å². The summed E-state index contributed by atoms with van der Waals surface area (Å²) < 4.78 is 5.92. The van der Waals surface area contributed by atoms with Gasteiger partial charge >= 0.3 is 0 Å². The number of nitriles is 1. The molecule has 1 heterocycles. The van der Waals surface area contributed by atoms with E-state index in [0.717, 1.165) is 38.2 Å². The van der Waals surface area contributed by atoms with Crippen LogP contribution in [0, 0.1) is 21.6 Å². The minimum Gasteiger partial charge on any atom is -0.494 e. The number of amides is 1. The number of nitro groups is 1. The van der Waals surface area contributed by atoms with Crippen LogP contribution in [0.1, 0.15) is 48.0 Å². The van der Waals surface area contributed by atoms with Gasteiger partial charge in [-0.3, -0.25) is 30.1 Å². The molecule has 1 amide bonds. The molecule has 1 aliphatic heterocycles. The van der Waals surface area contributed by atoms with E-state index in [4.69, 9.17) is 10.00 Å². The van der Waals surface area contributed by atoms with Crippen molar-refractivity contribution in [2.24, 2.45) is 4.99 Å². The quantitative estimate of drug-likeness (QED) is 0.0693. The minimum absolute atomic E-state index is 0.00233. The van der Waals surface area contributed by atoms with Gasteiger partial charge in [0, 0.05) is 32.2 Å². The molecule has 0 aliphatic carbocycles. The lowest BCUT2D eigenvalue weighted by Gasteiger charge is -2.26. The number of carbonyl (C=O) groups is 1. The molecule has 0 bridgehead atoms. The SMILES string of the molecule is N#CNC(=NCCCCOc1cccc(CN2CCCCC2)c1)NCCNC(=O)c1ccccc1[N+](=O)[O-]. The van der Waals surface area contributed by atoms with E-state index in [1.165, 1.54) is 43.0 Å². The lowest BCUT2D eigenvalue weighted by Crippen LogP contribution is -2.40. The number of likely N-dealkylation sites (tertiary alicyclic amines) is 1. The standard InChI is InChI=1S/C27H35N7O4/c28-21-32-27(31-15-14-29-26(35)24-11-2-3-12-25(24)34(36)37)30-13-4-7-18-38-23-10-8-9-22(19-23)20-33-16-5-1-6-17-33/h2-3,8-12,19H,1,4-7,13-18,20H2,(H,29,35)(H2,30,31,32). The summed E-state index contributed by atoms with van der Waals surface area (Å²) >= 11 is 0. The highest BCUT2D eigenvalue weighted by Crippen LogP contribution is 2.18. The number of nitrogens with zero attached hydrogens (tertiary/aromatic N) is 4. The van der Waals surface area contributed by atoms with E-state index in [1.807, 2.05) is 18.3 Å². The maximum Gasteiger partial charge on any atom is 0.282 e. The number of nitro benzene ring substituents is 1. The molecule has 1 aliphatic rings. The summed E-state index contributed by atoms with van der Waals surface area (Å²) in [5, 5.41) is 28.1. The first-order chi connectivity index (χ1) is 18.6. The zero-order chi connectivity index (χ0) is 27.0. The highest BCUT2D eigenvalue weighted by Gasteiger charge is 2.18. The van der Waals surface area contributed by atoms with Gasteiger partial charge in [-0.2, -0.15) is 5.26 Å². The maximum absolute atomic E-state index is 12.3. The van der Waals surface area contributed by atoms with Crippen molar-refractivity contribution in [3.63, 3.8) is 0 Å². The van der Waals surface area contributed by atoms with E-state index in [9.17, 15) is 14.9 Å². The minimum atomic E-state index is -0.590. The molecule has 0 atom stereocenters. The Morgan fingerprint density at radius 2 is 1.87 bits per heavy atom. The van der Waals surface area contributed by atoms with E-state index in [2.05, 4.69) is 38.0 Å². The summed E-state index contributed by atoms with van der Waals surface area (Å²) in [4.78, 5) is 29.6. The fraction of sp³-hybridized carbons (Fsp3) is 0.444. The summed E-state index contributed by atoms with van der Waals surface area (Å²) in [7, 11) is 0. The number of ether oxygens (including phenoxy) is 1. The predicted octanol–water partition coefficient (Wildman–Crippen LogP) is 3.19. The van der Waals surface area contributed by atoms with Crippen molar-refractivity contribution in [1.29, 1.82) is 5.26 Å². The Morgan fingerprint density at radius 3 is 2.66 bits per heavy atom. The van der Waals surface area contributed by atoms with Crippen LogP contribution in [0.15, 0.2) is 53.5 Å². The van der Waals surface area contributed by atoms with Crippen molar-refractivity contribution in [3.8, 4) is 11.9 Å². The Morgan fingerprint density at radius 1 is 1.08 bits per heavy atom. The second-order valence-electron chi connectivity index (χ2n) is 8.96. The summed E-state index contributed by atoms with van der Waals surface area (Å²) in [6.07, 6.45) is 7.31. The molecule has 11 nitrogen and oxygen atoms in total. The van der Waals surface area contributed by atoms with Crippen molar-refractivity contribution in [2.45, 2.75) is 38.6 Å². The number of aliphatic imine (C=N–C) groups is 1. The van der Waals surface area contributed by atoms with Crippen molar-refractivity contribution in [1.82, 2.24) is 20.9 Å². The van der Waals surface area contributed by atoms with E-state index in [0.29, 0.717) is 19.1 Å². The number of nitrogens with one attached hydrogen (secondary N) is 3. The van der Waals surface area contributed by atoms with Crippen LogP contribution in [-0.4, -0.2) is 61.0 Å². The molecule has 1 saturated heterocycles. The van der Waals surface area contributed by atoms with Crippen molar-refractivity contribution < 1.29 is 14.5 Å². The lowest BCUT2D eigenvalue weighted by atomic mass is 10.1. The number of guanidine groups is 1. The summed E-state index contributed by atoms with van der Waals surface area (Å²) in [6, 6.07) is 14.0. The van der Waals surface area contributed by atoms with Gasteiger partial charge in [0.05, 0.1) is 11.5 Å². The van der Waals surface area contributed by atoms with Crippen molar-refractivity contribution in [2.75, 3.05) is 39.3 Å². The van der Waals surface area contributed by atoms with Crippen LogP contribution in [0.2, 0.25) is 0 Å². The number of unbranched alkanes of at least 4 members (excludes halogenated alkanes) is 1. The molecule has 3 rings (SSSR count). The Kier molecular flexibility index (Phi) is 11.8. The highest BCUT2D eigenvalue weighted by atomic mass is 16.6. The molecule has 2 aromatic rings. The molecular formula is C27H35N7O4. The summed E-state index contributed by atoms with van der Waals surface area (Å²) in [6.45, 7) is 4.85. The fourth-order valence-corrected chi connectivity index (χ4v) is 4.17. The second-order valence-corrected chi connectivity index (χ2v) is 8.96. The van der Waals surface area contributed by atoms with E-state index < -0.39 is 10.8 Å². The summed E-state index contributed by atoms with van der Waals surface area (Å²) in [5.41, 5.74) is 1.02. The molecule has 11 heteroatoms. The van der Waals surface area contributed by atoms with Gasteiger partial charge in [0.1, 0.15) is 11.3 Å². The van der Waals surface area contributed by atoms with Gasteiger partial charge in [0.15, 0.2) is 6.19 Å². The first-order valence-electron chi connectivity index (χ1n) is 13.0. The molecule has 0 radical (unpaired) electrons. The normalized spacial score (nSPS) is 13.8. The van der Waals surface area contributed by atoms with Gasteiger partial charge in [-0.25, -0.2) is 0 Å². The number of carbonyl (C=O) groups excluding carboxylic acids is 1. The van der Waals surface area contributed by atoms with Crippen LogP contribution in [-0.2, 0) is 6.54 Å². The van der Waals surface area contributed by atoms with Crippen LogP contribution in [0.4, 0.5) is 5.69 Å². The Bertz CT molecular complexity index is 1130. The smallest absolute Gasteiger partial charge is 0.282 e. The van der Waals surface area contributed by atoms with Gasteiger partial charge in [0.2, 0.25) is 5.96 Å². The number of benzene rings is 2. The van der Waals surface area contributed by atoms with E-state index >= 15 is 0 Å². The van der Waals surface area contributed by atoms with Crippen LogP contribution >= 0.6 is 0 Å². The number of rotatable bonds is 13. The van der Waals surface area contributed by atoms with Crippen LogP contribution in [0.5, 0.6) is 5.75 Å². The van der Waals surface area contributed by atoms with Crippen LogP contribution in [0.3, 0.4) is 0 Å². The average Bonchev–Trinajstić information content (AvgIpc) is 2.93. The topological polar surface area (TPSA) is 145 Å². The molecule has 0 spiro atoms. The van der Waals surface area contributed by atoms with Gasteiger partial charge < -0.3 is 15.4 Å². The van der Waals surface area contributed by atoms with Gasteiger partial charge in [-0.05, 0) is 62.5 Å². The first-order valence-corrected chi connectivity index (χ1v) is 13.0. The Balaban J connectivity index is 1.33. The molecule has 2 aromatic carbocycles. The molecule has 202 valence electrons. The number of piperidine rings is 1. The maximum atomic E-state index is 12.3. The molecule has 1 fully saturated rings. The lowest BCUT2D eigenvalue weighted by molar-refractivity contribution is -0.385. The third-order valence-electron chi connectivity index (χ3n) is 6.07. The largest absolute Gasteiger partial charge is 0.494 e. The zero-order valence-electron chi connectivity index (χ0n) is 21.5. The van der Waals surface area contributed by atoms with Gasteiger partial charge in [-0.1, -0.05) is 30.7 Å². The van der Waals surface area contributed by atoms with E-state index in [1.54, 1.807) is 6.07 Å². The Labute approximate surface area is 223 Å². The average molecular weight is 522 g/mol.